The van der Waals surface area contributed by atoms with E-state index in [1.807, 2.05) is 12.1 Å². The van der Waals surface area contributed by atoms with Gasteiger partial charge in [0, 0.05) is 12.1 Å². The number of carboxylic acid groups (broad SMARTS) is 1. The van der Waals surface area contributed by atoms with Crippen LogP contribution in [-0.4, -0.2) is 17.1 Å². The van der Waals surface area contributed by atoms with Crippen LogP contribution in [0.3, 0.4) is 0 Å². The summed E-state index contributed by atoms with van der Waals surface area (Å²) in [6.45, 7) is 2.14. The van der Waals surface area contributed by atoms with E-state index in [0.717, 1.165) is 18.4 Å². The predicted octanol–water partition coefficient (Wildman–Crippen LogP) is 6.09. The number of rotatable bonds is 6. The minimum absolute atomic E-state index is 0. The molecule has 3 aromatic rings. The van der Waals surface area contributed by atoms with E-state index in [1.165, 1.54) is 28.5 Å². The molecule has 3 unspecified atom stereocenters. The number of benzene rings is 3. The van der Waals surface area contributed by atoms with Gasteiger partial charge in [-0.1, -0.05) is 54.6 Å². The number of fused-ring (bicyclic) bond motifs is 1. The van der Waals surface area contributed by atoms with Crippen LogP contribution in [0.25, 0.3) is 10.8 Å². The van der Waals surface area contributed by atoms with Crippen LogP contribution >= 0.6 is 12.4 Å². The van der Waals surface area contributed by atoms with Gasteiger partial charge in [0.15, 0.2) is 0 Å². The van der Waals surface area contributed by atoms with E-state index >= 15 is 0 Å². The molecule has 30 heavy (non-hydrogen) atoms. The lowest BCUT2D eigenvalue weighted by Crippen LogP contribution is -2.36. The third-order valence-corrected chi connectivity index (χ3v) is 6.28. The first-order valence-electron chi connectivity index (χ1n) is 10.2. The second kappa shape index (κ2) is 9.59. The topological polar surface area (TPSA) is 49.3 Å². The molecule has 2 N–H and O–H groups in total. The molecule has 0 radical (unpaired) electrons. The molecule has 1 aliphatic rings. The molecule has 158 valence electrons. The van der Waals surface area contributed by atoms with E-state index in [1.54, 1.807) is 12.1 Å². The molecule has 4 atom stereocenters. The van der Waals surface area contributed by atoms with Crippen molar-refractivity contribution in [2.24, 2.45) is 5.92 Å². The smallest absolute Gasteiger partial charge is 0.303 e. The third-order valence-electron chi connectivity index (χ3n) is 6.28. The van der Waals surface area contributed by atoms with E-state index in [2.05, 4.69) is 42.6 Å². The Morgan fingerprint density at radius 2 is 1.77 bits per heavy atom. The van der Waals surface area contributed by atoms with Gasteiger partial charge in [0.1, 0.15) is 5.82 Å². The molecule has 5 heteroatoms. The highest BCUT2D eigenvalue weighted by atomic mass is 35.5. The summed E-state index contributed by atoms with van der Waals surface area (Å²) >= 11 is 0. The third kappa shape index (κ3) is 4.66. The number of carbonyl (C=O) groups is 1. The molecule has 0 spiro atoms. The van der Waals surface area contributed by atoms with Crippen LogP contribution in [0.1, 0.15) is 49.3 Å². The molecule has 0 saturated heterocycles. The van der Waals surface area contributed by atoms with E-state index in [-0.39, 0.29) is 48.6 Å². The Labute approximate surface area is 182 Å². The molecule has 1 fully saturated rings. The van der Waals surface area contributed by atoms with Gasteiger partial charge in [0.2, 0.25) is 0 Å². The summed E-state index contributed by atoms with van der Waals surface area (Å²) in [5, 5.41) is 15.6. The highest BCUT2D eigenvalue weighted by Gasteiger charge is 2.38. The monoisotopic (exact) mass is 427 g/mol. The Bertz CT molecular complexity index is 1000. The van der Waals surface area contributed by atoms with E-state index in [4.69, 9.17) is 0 Å². The highest BCUT2D eigenvalue weighted by Crippen LogP contribution is 2.42. The Kier molecular flexibility index (Phi) is 7.11. The number of nitrogens with one attached hydrogen (secondary N) is 1. The molecule has 0 heterocycles. The quantitative estimate of drug-likeness (QED) is 0.500. The lowest BCUT2D eigenvalue weighted by atomic mass is 9.84. The van der Waals surface area contributed by atoms with Crippen LogP contribution in [0.5, 0.6) is 0 Å². The van der Waals surface area contributed by atoms with Crippen LogP contribution in [0.2, 0.25) is 0 Å². The van der Waals surface area contributed by atoms with Gasteiger partial charge < -0.3 is 10.4 Å². The van der Waals surface area contributed by atoms with Crippen LogP contribution in [0, 0.1) is 11.7 Å². The molecule has 0 aliphatic heterocycles. The van der Waals surface area contributed by atoms with E-state index in [0.29, 0.717) is 0 Å². The van der Waals surface area contributed by atoms with Gasteiger partial charge in [-0.2, -0.15) is 0 Å². The van der Waals surface area contributed by atoms with Crippen LogP contribution in [-0.2, 0) is 4.79 Å². The van der Waals surface area contributed by atoms with Crippen molar-refractivity contribution in [1.82, 2.24) is 5.32 Å². The molecule has 3 nitrogen and oxygen atoms in total. The Balaban J connectivity index is 0.00000256. The molecule has 4 rings (SSSR count). The maximum absolute atomic E-state index is 13.3. The van der Waals surface area contributed by atoms with Crippen molar-refractivity contribution in [3.05, 3.63) is 83.7 Å². The fourth-order valence-electron chi connectivity index (χ4n) is 4.92. The number of halogens is 2. The minimum Gasteiger partial charge on any atom is -0.481 e. The van der Waals surface area contributed by atoms with E-state index in [9.17, 15) is 14.3 Å². The molecule has 0 amide bonds. The molecule has 1 aliphatic carbocycles. The van der Waals surface area contributed by atoms with Crippen molar-refractivity contribution < 1.29 is 14.3 Å². The lowest BCUT2D eigenvalue weighted by molar-refractivity contribution is -0.138. The zero-order valence-electron chi connectivity index (χ0n) is 16.9. The van der Waals surface area contributed by atoms with Crippen LogP contribution in [0.15, 0.2) is 66.7 Å². The van der Waals surface area contributed by atoms with Crippen molar-refractivity contribution in [2.75, 3.05) is 0 Å². The highest BCUT2D eigenvalue weighted by molar-refractivity contribution is 5.86. The normalized spacial score (nSPS) is 21.9. The molecule has 1 saturated carbocycles. The summed E-state index contributed by atoms with van der Waals surface area (Å²) in [5.41, 5.74) is 2.25. The van der Waals surface area contributed by atoms with Crippen molar-refractivity contribution in [3.63, 3.8) is 0 Å². The summed E-state index contributed by atoms with van der Waals surface area (Å²) in [6.07, 6.45) is 1.93. The van der Waals surface area contributed by atoms with Gasteiger partial charge in [-0.15, -0.1) is 12.4 Å². The summed E-state index contributed by atoms with van der Waals surface area (Å²) < 4.78 is 13.3. The maximum atomic E-state index is 13.3. The van der Waals surface area contributed by atoms with E-state index < -0.39 is 5.97 Å². The molecular weight excluding hydrogens is 401 g/mol. The van der Waals surface area contributed by atoms with Crippen molar-refractivity contribution in [1.29, 1.82) is 0 Å². The number of hydrogen-bond acceptors (Lipinski definition) is 2. The fraction of sp³-hybridized carbons (Fsp3) is 0.320. The predicted molar refractivity (Wildman–Crippen MR) is 121 cm³/mol. The summed E-state index contributed by atoms with van der Waals surface area (Å²) in [7, 11) is 0. The Hall–Kier alpha value is -2.43. The second-order valence-electron chi connectivity index (χ2n) is 8.06. The number of carboxylic acids is 1. The first-order chi connectivity index (χ1) is 14.0. The van der Waals surface area contributed by atoms with Gasteiger partial charge in [0.05, 0.1) is 6.42 Å². The summed E-state index contributed by atoms with van der Waals surface area (Å²) in [4.78, 5) is 11.6. The molecule has 3 aromatic carbocycles. The Morgan fingerprint density at radius 3 is 2.50 bits per heavy atom. The van der Waals surface area contributed by atoms with Crippen molar-refractivity contribution in [2.45, 2.75) is 44.2 Å². The standard InChI is InChI=1S/C25H26FNO2.ClH/c1-16(20-8-4-6-17-5-2-3-7-21(17)20)27-24-14-13-22(23(24)15-25(28)29)18-9-11-19(26)12-10-18;/h2-12,16,22-24,27H,13-15H2,1H3,(H,28,29);1H/t16-,22?,23?,24?;/m1./s1. The average molecular weight is 428 g/mol. The van der Waals surface area contributed by atoms with Gasteiger partial charge in [-0.05, 0) is 65.6 Å². The SMILES string of the molecule is C[C@@H](NC1CCC(c2ccc(F)cc2)C1CC(=O)O)c1cccc2ccccc12.Cl. The minimum atomic E-state index is -0.784. The van der Waals surface area contributed by atoms with Gasteiger partial charge in [-0.3, -0.25) is 4.79 Å². The maximum Gasteiger partial charge on any atom is 0.303 e. The van der Waals surface area contributed by atoms with Gasteiger partial charge in [0.25, 0.3) is 0 Å². The largest absolute Gasteiger partial charge is 0.481 e. The lowest BCUT2D eigenvalue weighted by Gasteiger charge is -2.28. The number of aliphatic carboxylic acids is 1. The second-order valence-corrected chi connectivity index (χ2v) is 8.06. The molecule has 0 bridgehead atoms. The number of hydrogen-bond donors (Lipinski definition) is 2. The van der Waals surface area contributed by atoms with Crippen molar-refractivity contribution >= 4 is 29.1 Å². The van der Waals surface area contributed by atoms with Gasteiger partial charge in [-0.25, -0.2) is 4.39 Å². The zero-order chi connectivity index (χ0) is 20.4. The zero-order valence-corrected chi connectivity index (χ0v) is 17.7. The fourth-order valence-corrected chi connectivity index (χ4v) is 4.92. The first kappa shape index (κ1) is 22.3. The van der Waals surface area contributed by atoms with Crippen LogP contribution < -0.4 is 5.32 Å². The van der Waals surface area contributed by atoms with Gasteiger partial charge >= 0.3 is 5.97 Å². The molecular formula is C25H27ClFNO2. The molecule has 0 aromatic heterocycles. The van der Waals surface area contributed by atoms with Crippen LogP contribution in [0.4, 0.5) is 4.39 Å². The Morgan fingerprint density at radius 1 is 1.07 bits per heavy atom. The average Bonchev–Trinajstić information content (AvgIpc) is 3.09. The summed E-state index contributed by atoms with van der Waals surface area (Å²) in [5.74, 6) is -0.936. The van der Waals surface area contributed by atoms with Crippen molar-refractivity contribution in [3.8, 4) is 0 Å². The first-order valence-corrected chi connectivity index (χ1v) is 10.2. The summed E-state index contributed by atoms with van der Waals surface area (Å²) in [6, 6.07) is 21.4.